The van der Waals surface area contributed by atoms with Crippen LogP contribution in [0.5, 0.6) is 0 Å². The van der Waals surface area contributed by atoms with Crippen LogP contribution in [0.25, 0.3) is 10.9 Å². The van der Waals surface area contributed by atoms with Gasteiger partial charge in [0.15, 0.2) is 0 Å². The van der Waals surface area contributed by atoms with Crippen LogP contribution in [0.15, 0.2) is 24.3 Å². The van der Waals surface area contributed by atoms with E-state index in [9.17, 15) is 24.4 Å². The van der Waals surface area contributed by atoms with Crippen LogP contribution in [-0.2, 0) is 19.1 Å². The number of hydrogen-bond acceptors (Lipinski definition) is 6. The zero-order valence-electron chi connectivity index (χ0n) is 19.6. The largest absolute Gasteiger partial charge is 0.467 e. The third-order valence-electron chi connectivity index (χ3n) is 6.64. The summed E-state index contributed by atoms with van der Waals surface area (Å²) < 4.78 is 4.87. The molecule has 10 nitrogen and oxygen atoms in total. The summed E-state index contributed by atoms with van der Waals surface area (Å²) in [5.41, 5.74) is 1.33. The number of rotatable bonds is 9. The molecule has 2 unspecified atom stereocenters. The van der Waals surface area contributed by atoms with E-state index in [1.807, 2.05) is 0 Å². The zero-order valence-corrected chi connectivity index (χ0v) is 19.6. The molecule has 35 heavy (non-hydrogen) atoms. The normalized spacial score (nSPS) is 19.2. The first-order valence-electron chi connectivity index (χ1n) is 11.9. The summed E-state index contributed by atoms with van der Waals surface area (Å²) in [7, 11) is 1.23. The molecule has 3 amide bonds. The predicted molar refractivity (Wildman–Crippen MR) is 126 cm³/mol. The topological polar surface area (TPSA) is 153 Å². The van der Waals surface area contributed by atoms with Crippen LogP contribution in [0.2, 0.25) is 0 Å². The van der Waals surface area contributed by atoms with E-state index in [0.717, 1.165) is 19.3 Å². The van der Waals surface area contributed by atoms with Gasteiger partial charge >= 0.3 is 5.97 Å². The number of carbonyl (C=O) groups is 4. The van der Waals surface area contributed by atoms with Gasteiger partial charge in [-0.1, -0.05) is 18.9 Å². The van der Waals surface area contributed by atoms with Crippen molar-refractivity contribution in [2.45, 2.75) is 50.6 Å². The number of carbonyl (C=O) groups excluding carboxylic acids is 4. The van der Waals surface area contributed by atoms with E-state index < -0.39 is 35.8 Å². The van der Waals surface area contributed by atoms with Crippen LogP contribution < -0.4 is 16.0 Å². The van der Waals surface area contributed by atoms with Crippen molar-refractivity contribution in [1.29, 1.82) is 5.26 Å². The standard InChI is InChI=1S/C25H29N5O5/c1-35-25(34)21(11-15-5-3-9-27-22(15)31)30-23(32)19(10-14-7-8-14)29-24(33)20-12-17-16(13-26)4-2-6-18(17)28-20/h2,4,6,12,14-15,19,21,28H,3,5,7-11H2,1H3,(H,27,31)(H,29,33)(H,30,32)/t15-,19?,21?/m0/s1. The smallest absolute Gasteiger partial charge is 0.328 e. The summed E-state index contributed by atoms with van der Waals surface area (Å²) in [5, 5.41) is 18.2. The molecule has 2 aromatic rings. The number of nitrogens with one attached hydrogen (secondary N) is 4. The SMILES string of the molecule is COC(=O)C(C[C@@H]1CCCNC1=O)NC(=O)C(CC1CC1)NC(=O)c1cc2c(C#N)cccc2[nH]1. The second-order valence-corrected chi connectivity index (χ2v) is 9.22. The molecule has 1 saturated heterocycles. The molecule has 10 heteroatoms. The van der Waals surface area contributed by atoms with Crippen molar-refractivity contribution in [3.8, 4) is 6.07 Å². The Morgan fingerprint density at radius 1 is 1.17 bits per heavy atom. The highest BCUT2D eigenvalue weighted by Crippen LogP contribution is 2.33. The van der Waals surface area contributed by atoms with Crippen molar-refractivity contribution in [3.05, 3.63) is 35.5 Å². The maximum atomic E-state index is 13.2. The van der Waals surface area contributed by atoms with Gasteiger partial charge in [0.05, 0.1) is 18.7 Å². The van der Waals surface area contributed by atoms with Gasteiger partial charge in [-0.25, -0.2) is 4.79 Å². The molecule has 2 aliphatic rings. The van der Waals surface area contributed by atoms with E-state index in [4.69, 9.17) is 4.74 Å². The van der Waals surface area contributed by atoms with E-state index in [1.165, 1.54) is 7.11 Å². The Kier molecular flexibility index (Phi) is 7.34. The number of methoxy groups -OCH3 is 1. The Balaban J connectivity index is 1.48. The molecule has 0 radical (unpaired) electrons. The maximum absolute atomic E-state index is 13.2. The third kappa shape index (κ3) is 5.80. The molecule has 4 rings (SSSR count). The van der Waals surface area contributed by atoms with Crippen LogP contribution in [0.4, 0.5) is 0 Å². The summed E-state index contributed by atoms with van der Waals surface area (Å²) in [4.78, 5) is 53.8. The van der Waals surface area contributed by atoms with Gasteiger partial charge in [0.1, 0.15) is 17.8 Å². The van der Waals surface area contributed by atoms with Crippen LogP contribution in [0, 0.1) is 23.2 Å². The Labute approximate surface area is 202 Å². The van der Waals surface area contributed by atoms with Crippen molar-refractivity contribution in [2.24, 2.45) is 11.8 Å². The molecule has 1 aromatic carbocycles. The first kappa shape index (κ1) is 24.3. The minimum Gasteiger partial charge on any atom is -0.467 e. The van der Waals surface area contributed by atoms with E-state index in [0.29, 0.717) is 41.8 Å². The van der Waals surface area contributed by atoms with Crippen molar-refractivity contribution in [1.82, 2.24) is 20.9 Å². The second kappa shape index (κ2) is 10.6. The van der Waals surface area contributed by atoms with Crippen molar-refractivity contribution in [3.63, 3.8) is 0 Å². The zero-order chi connectivity index (χ0) is 24.9. The number of fused-ring (bicyclic) bond motifs is 1. The summed E-state index contributed by atoms with van der Waals surface area (Å²) in [6, 6.07) is 7.00. The maximum Gasteiger partial charge on any atom is 0.328 e. The monoisotopic (exact) mass is 479 g/mol. The van der Waals surface area contributed by atoms with Gasteiger partial charge in [-0.2, -0.15) is 5.26 Å². The molecule has 2 heterocycles. The minimum absolute atomic E-state index is 0.132. The average molecular weight is 480 g/mol. The van der Waals surface area contributed by atoms with Crippen LogP contribution >= 0.6 is 0 Å². The number of nitrogens with zero attached hydrogens (tertiary/aromatic N) is 1. The lowest BCUT2D eigenvalue weighted by molar-refractivity contribution is -0.146. The number of aromatic amines is 1. The van der Waals surface area contributed by atoms with E-state index in [2.05, 4.69) is 27.0 Å². The van der Waals surface area contributed by atoms with E-state index >= 15 is 0 Å². The molecule has 3 atom stereocenters. The Morgan fingerprint density at radius 3 is 2.66 bits per heavy atom. The van der Waals surface area contributed by atoms with Crippen LogP contribution in [-0.4, -0.2) is 54.4 Å². The number of aromatic nitrogens is 1. The molecule has 1 saturated carbocycles. The van der Waals surface area contributed by atoms with Gasteiger partial charge in [-0.3, -0.25) is 14.4 Å². The highest BCUT2D eigenvalue weighted by Gasteiger charge is 2.35. The molecular formula is C25H29N5O5. The van der Waals surface area contributed by atoms with Crippen LogP contribution in [0.3, 0.4) is 0 Å². The van der Waals surface area contributed by atoms with Gasteiger partial charge in [-0.15, -0.1) is 0 Å². The molecule has 0 spiro atoms. The summed E-state index contributed by atoms with van der Waals surface area (Å²) in [6.07, 6.45) is 3.95. The van der Waals surface area contributed by atoms with Gasteiger partial charge in [0.2, 0.25) is 11.8 Å². The lowest BCUT2D eigenvalue weighted by Gasteiger charge is -2.27. The number of amides is 3. The number of esters is 1. The molecule has 1 aliphatic carbocycles. The number of ether oxygens (including phenoxy) is 1. The predicted octanol–water partition coefficient (Wildman–Crippen LogP) is 1.51. The lowest BCUT2D eigenvalue weighted by atomic mass is 9.91. The molecule has 4 N–H and O–H groups in total. The van der Waals surface area contributed by atoms with Gasteiger partial charge in [0, 0.05) is 23.4 Å². The van der Waals surface area contributed by atoms with Crippen molar-refractivity contribution >= 4 is 34.6 Å². The minimum atomic E-state index is -0.994. The Hall–Kier alpha value is -3.87. The number of H-pyrrole nitrogens is 1. The fourth-order valence-corrected chi connectivity index (χ4v) is 4.50. The number of nitriles is 1. The van der Waals surface area contributed by atoms with Gasteiger partial charge in [-0.05, 0) is 49.8 Å². The van der Waals surface area contributed by atoms with Crippen molar-refractivity contribution in [2.75, 3.05) is 13.7 Å². The number of benzene rings is 1. The average Bonchev–Trinajstić information content (AvgIpc) is 3.57. The Bertz CT molecular complexity index is 1180. The molecule has 1 aliphatic heterocycles. The Morgan fingerprint density at radius 2 is 1.97 bits per heavy atom. The summed E-state index contributed by atoms with van der Waals surface area (Å²) >= 11 is 0. The summed E-state index contributed by atoms with van der Waals surface area (Å²) in [6.45, 7) is 0.601. The molecule has 2 fully saturated rings. The van der Waals surface area contributed by atoms with E-state index in [1.54, 1.807) is 24.3 Å². The molecular weight excluding hydrogens is 450 g/mol. The van der Waals surface area contributed by atoms with Crippen molar-refractivity contribution < 1.29 is 23.9 Å². The first-order chi connectivity index (χ1) is 16.9. The highest BCUT2D eigenvalue weighted by atomic mass is 16.5. The third-order valence-corrected chi connectivity index (χ3v) is 6.64. The molecule has 1 aromatic heterocycles. The van der Waals surface area contributed by atoms with Crippen LogP contribution in [0.1, 0.15) is 54.6 Å². The number of piperidine rings is 1. The second-order valence-electron chi connectivity index (χ2n) is 9.22. The van der Waals surface area contributed by atoms with Gasteiger partial charge in [0.25, 0.3) is 5.91 Å². The lowest BCUT2D eigenvalue weighted by Crippen LogP contribution is -2.53. The highest BCUT2D eigenvalue weighted by molar-refractivity contribution is 6.01. The van der Waals surface area contributed by atoms with E-state index in [-0.39, 0.29) is 18.0 Å². The quantitative estimate of drug-likeness (QED) is 0.400. The fourth-order valence-electron chi connectivity index (χ4n) is 4.50. The molecule has 0 bridgehead atoms. The first-order valence-corrected chi connectivity index (χ1v) is 11.9. The molecule has 184 valence electrons. The fraction of sp³-hybridized carbons (Fsp3) is 0.480. The number of hydrogen-bond donors (Lipinski definition) is 4. The summed E-state index contributed by atoms with van der Waals surface area (Å²) in [5.74, 6) is -1.83. The van der Waals surface area contributed by atoms with Gasteiger partial charge < -0.3 is 25.7 Å².